The molecular weight excluding hydrogens is 550 g/mol. The van der Waals surface area contributed by atoms with Gasteiger partial charge in [-0.15, -0.1) is 5.10 Å². The highest BCUT2D eigenvalue weighted by Gasteiger charge is 2.27. The molecule has 2 aromatic carbocycles. The number of benzene rings is 2. The van der Waals surface area contributed by atoms with E-state index >= 15 is 0 Å². The van der Waals surface area contributed by atoms with Gasteiger partial charge in [0.05, 0.1) is 37.1 Å². The van der Waals surface area contributed by atoms with Crippen molar-refractivity contribution in [2.45, 2.75) is 32.9 Å². The maximum atomic E-state index is 11.9. The molecule has 3 aromatic rings. The molecule has 3 N–H and O–H groups in total. The molecule has 2 aliphatic rings. The van der Waals surface area contributed by atoms with E-state index in [-0.39, 0.29) is 24.5 Å². The number of hydrogen-bond acceptors (Lipinski definition) is 8. The summed E-state index contributed by atoms with van der Waals surface area (Å²) in [6.07, 6.45) is 0.0803. The number of rotatable bonds is 7. The number of nitrogens with zero attached hydrogens (tertiary/aromatic N) is 4. The first-order valence-corrected chi connectivity index (χ1v) is 13.6. The van der Waals surface area contributed by atoms with E-state index in [0.29, 0.717) is 38.8 Å². The minimum atomic E-state index is -0.799. The second-order valence-electron chi connectivity index (χ2n) is 9.46. The van der Waals surface area contributed by atoms with Crippen molar-refractivity contribution in [2.75, 3.05) is 51.3 Å². The summed E-state index contributed by atoms with van der Waals surface area (Å²) in [5.74, 6) is -0.0897. The smallest absolute Gasteiger partial charge is 0.238 e. The molecule has 2 fully saturated rings. The Bertz CT molecular complexity index is 1260. The molecule has 1 unspecified atom stereocenters. The van der Waals surface area contributed by atoms with E-state index in [1.165, 1.54) is 12.1 Å². The Kier molecular flexibility index (Phi) is 12.7. The van der Waals surface area contributed by atoms with Crippen LogP contribution in [-0.2, 0) is 19.2 Å². The highest BCUT2D eigenvalue weighted by molar-refractivity contribution is 5.73. The number of ether oxygens (including phenoxy) is 2. The van der Waals surface area contributed by atoms with E-state index in [0.717, 1.165) is 42.3 Å². The number of hydrogen-bond donors (Lipinski definition) is 2. The molecule has 2 amide bonds. The monoisotopic (exact) mass is 588 g/mol. The normalized spacial score (nSPS) is 18.3. The molecule has 13 heteroatoms. The lowest BCUT2D eigenvalue weighted by Crippen LogP contribution is -2.46. The number of likely N-dealkylation sites (N-methyl/N-ethyl adjacent to an activating group) is 1. The third kappa shape index (κ3) is 9.23. The van der Waals surface area contributed by atoms with E-state index in [4.69, 9.17) is 24.2 Å². The van der Waals surface area contributed by atoms with Crippen LogP contribution in [0.2, 0.25) is 0 Å². The zero-order chi connectivity index (χ0) is 30.5. The largest absolute Gasteiger partial charge is 0.474 e. The van der Waals surface area contributed by atoms with Gasteiger partial charge in [0.25, 0.3) is 0 Å². The van der Waals surface area contributed by atoms with Crippen LogP contribution in [0.1, 0.15) is 19.4 Å². The molecule has 5 rings (SSSR count). The third-order valence-electron chi connectivity index (χ3n) is 6.47. The molecule has 0 aliphatic carbocycles. The fourth-order valence-corrected chi connectivity index (χ4v) is 4.30. The summed E-state index contributed by atoms with van der Waals surface area (Å²) < 4.78 is 37.6. The van der Waals surface area contributed by atoms with Gasteiger partial charge in [0.15, 0.2) is 11.6 Å². The summed E-state index contributed by atoms with van der Waals surface area (Å²) in [4.78, 5) is 27.8. The highest BCUT2D eigenvalue weighted by Crippen LogP contribution is 2.30. The van der Waals surface area contributed by atoms with Crippen molar-refractivity contribution in [1.82, 2.24) is 19.7 Å². The third-order valence-corrected chi connectivity index (χ3v) is 6.47. The molecule has 42 heavy (non-hydrogen) atoms. The predicted molar refractivity (Wildman–Crippen MR) is 153 cm³/mol. The molecule has 3 heterocycles. The molecule has 11 nitrogen and oxygen atoms in total. The average Bonchev–Trinajstić information content (AvgIpc) is 3.59. The van der Waals surface area contributed by atoms with Crippen LogP contribution in [0.5, 0.6) is 5.88 Å². The number of amides is 2. The van der Waals surface area contributed by atoms with Crippen LogP contribution in [0.4, 0.5) is 14.6 Å². The van der Waals surface area contributed by atoms with E-state index in [1.54, 1.807) is 11.8 Å². The maximum Gasteiger partial charge on any atom is 0.238 e. The first-order valence-electron chi connectivity index (χ1n) is 13.6. The number of carbonyl (C=O) groups is 2. The number of morpholine rings is 1. The van der Waals surface area contributed by atoms with Gasteiger partial charge in [-0.2, -0.15) is 5.06 Å². The maximum absolute atomic E-state index is 11.9. The number of aromatic nitrogens is 2. The number of anilines is 1. The van der Waals surface area contributed by atoms with Gasteiger partial charge in [-0.3, -0.25) is 14.4 Å². The first-order chi connectivity index (χ1) is 20.3. The summed E-state index contributed by atoms with van der Waals surface area (Å²) in [6.45, 7) is 9.95. The van der Waals surface area contributed by atoms with Gasteiger partial charge in [0.2, 0.25) is 18.2 Å². The van der Waals surface area contributed by atoms with Crippen LogP contribution in [-0.4, -0.2) is 90.2 Å². The predicted octanol–water partition coefficient (Wildman–Crippen LogP) is 2.92. The Hall–Kier alpha value is -4.07. The standard InChI is InChI=1S/C22H31N5O4.C6H4F2.CH3NO/c1-4-26-12-18(14-31-26)23-21-16(2)22(24-27(21)19-8-6-5-7-9-19)30-15-20-13-25(17(3)28)10-11-29-20;7-5-3-1-2-4-6(5)8;2-1-3/h5-9,18,20,23H,4,10-15H2,1-3H3;1-4H;1H,(H2,2,3)/t18-,20?;;/m1../s1. The second kappa shape index (κ2) is 16.4. The van der Waals surface area contributed by atoms with E-state index in [2.05, 4.69) is 18.0 Å². The zero-order valence-electron chi connectivity index (χ0n) is 24.0. The second-order valence-corrected chi connectivity index (χ2v) is 9.46. The van der Waals surface area contributed by atoms with Gasteiger partial charge in [0.1, 0.15) is 18.5 Å². The fraction of sp³-hybridized carbons (Fsp3) is 0.414. The van der Waals surface area contributed by atoms with E-state index in [9.17, 15) is 13.6 Å². The number of nitrogens with two attached hydrogens (primary N) is 1. The van der Waals surface area contributed by atoms with Gasteiger partial charge in [-0.05, 0) is 31.2 Å². The lowest BCUT2D eigenvalue weighted by atomic mass is 10.2. The highest BCUT2D eigenvalue weighted by atomic mass is 19.2. The van der Waals surface area contributed by atoms with Crippen molar-refractivity contribution in [1.29, 1.82) is 0 Å². The van der Waals surface area contributed by atoms with Crippen LogP contribution < -0.4 is 15.8 Å². The number of hydroxylamine groups is 2. The number of para-hydroxylation sites is 1. The number of carbonyl (C=O) groups excluding carboxylic acids is 2. The minimum absolute atomic E-state index is 0.0595. The summed E-state index contributed by atoms with van der Waals surface area (Å²) in [5.41, 5.74) is 6.05. The number of nitrogens with one attached hydrogen (secondary N) is 1. The molecular formula is C29H38F2N6O5. The molecule has 1 aromatic heterocycles. The van der Waals surface area contributed by atoms with Crippen LogP contribution in [0, 0.1) is 18.6 Å². The Morgan fingerprint density at radius 2 is 1.79 bits per heavy atom. The van der Waals surface area contributed by atoms with Crippen molar-refractivity contribution in [3.05, 3.63) is 71.8 Å². The van der Waals surface area contributed by atoms with Crippen molar-refractivity contribution < 1.29 is 32.7 Å². The van der Waals surface area contributed by atoms with Gasteiger partial charge in [-0.25, -0.2) is 13.5 Å². The van der Waals surface area contributed by atoms with Gasteiger partial charge in [0, 0.05) is 26.6 Å². The van der Waals surface area contributed by atoms with Gasteiger partial charge < -0.3 is 25.4 Å². The number of halogens is 2. The van der Waals surface area contributed by atoms with Gasteiger partial charge >= 0.3 is 0 Å². The van der Waals surface area contributed by atoms with Crippen molar-refractivity contribution in [3.8, 4) is 11.6 Å². The van der Waals surface area contributed by atoms with Crippen LogP contribution in [0.25, 0.3) is 5.69 Å². The van der Waals surface area contributed by atoms with E-state index in [1.807, 2.05) is 47.0 Å². The lowest BCUT2D eigenvalue weighted by Gasteiger charge is -2.31. The molecule has 0 radical (unpaired) electrons. The molecule has 0 spiro atoms. The van der Waals surface area contributed by atoms with Crippen molar-refractivity contribution in [2.24, 2.45) is 5.73 Å². The summed E-state index contributed by atoms with van der Waals surface area (Å²) in [5, 5.41) is 10.3. The quantitative estimate of drug-likeness (QED) is 0.404. The SMILES string of the molecule is CCN1C[C@@H](Nc2c(C)c(OCC3CN(C(C)=O)CCO3)nn2-c2ccccc2)CO1.Fc1ccccc1F.NC=O. The Morgan fingerprint density at radius 3 is 2.36 bits per heavy atom. The average molecular weight is 589 g/mol. The van der Waals surface area contributed by atoms with Crippen LogP contribution in [0.15, 0.2) is 54.6 Å². The zero-order valence-corrected chi connectivity index (χ0v) is 24.0. The molecule has 2 saturated heterocycles. The molecule has 0 bridgehead atoms. The molecule has 228 valence electrons. The summed E-state index contributed by atoms with van der Waals surface area (Å²) >= 11 is 0. The van der Waals surface area contributed by atoms with E-state index < -0.39 is 11.6 Å². The van der Waals surface area contributed by atoms with Crippen LogP contribution in [0.3, 0.4) is 0 Å². The molecule has 2 atom stereocenters. The summed E-state index contributed by atoms with van der Waals surface area (Å²) in [6, 6.07) is 15.2. The van der Waals surface area contributed by atoms with Gasteiger partial charge in [-0.1, -0.05) is 37.3 Å². The number of primary amides is 1. The Labute approximate surface area is 244 Å². The lowest BCUT2D eigenvalue weighted by molar-refractivity contribution is -0.137. The summed E-state index contributed by atoms with van der Waals surface area (Å²) in [7, 11) is 0. The van der Waals surface area contributed by atoms with Crippen molar-refractivity contribution in [3.63, 3.8) is 0 Å². The fourth-order valence-electron chi connectivity index (χ4n) is 4.30. The topological polar surface area (TPSA) is 124 Å². The van der Waals surface area contributed by atoms with Crippen molar-refractivity contribution >= 4 is 18.1 Å². The minimum Gasteiger partial charge on any atom is -0.474 e. The molecule has 0 saturated carbocycles. The first kappa shape index (κ1) is 32.4. The Balaban J connectivity index is 0.000000372. The Morgan fingerprint density at radius 1 is 1.14 bits per heavy atom. The molecule has 2 aliphatic heterocycles. The van der Waals surface area contributed by atoms with Crippen LogP contribution >= 0.6 is 0 Å².